The van der Waals surface area contributed by atoms with Crippen molar-refractivity contribution < 1.29 is 8.42 Å². The van der Waals surface area contributed by atoms with Gasteiger partial charge in [-0.25, -0.2) is 13.1 Å². The molecule has 0 aliphatic carbocycles. The van der Waals surface area contributed by atoms with Gasteiger partial charge in [-0.15, -0.1) is 0 Å². The quantitative estimate of drug-likeness (QED) is 0.757. The van der Waals surface area contributed by atoms with Crippen LogP contribution in [-0.2, 0) is 10.0 Å². The maximum absolute atomic E-state index is 12.3. The topological polar surface area (TPSA) is 46.2 Å². The summed E-state index contributed by atoms with van der Waals surface area (Å²) in [6, 6.07) is 5.22. The van der Waals surface area contributed by atoms with Crippen LogP contribution in [0.5, 0.6) is 0 Å². The van der Waals surface area contributed by atoms with Gasteiger partial charge in [-0.3, -0.25) is 0 Å². The van der Waals surface area contributed by atoms with E-state index in [0.717, 1.165) is 31.2 Å². The number of rotatable bonds is 7. The number of aryl methyl sites for hydroxylation is 1. The molecule has 0 aromatic heterocycles. The van der Waals surface area contributed by atoms with E-state index in [0.29, 0.717) is 9.37 Å². The maximum atomic E-state index is 12.3. The van der Waals surface area contributed by atoms with Crippen LogP contribution in [0.3, 0.4) is 0 Å². The largest absolute Gasteiger partial charge is 0.241 e. The van der Waals surface area contributed by atoms with Crippen LogP contribution in [0.4, 0.5) is 0 Å². The average molecular weight is 348 g/mol. The first-order chi connectivity index (χ1) is 8.86. The molecule has 0 saturated carbocycles. The summed E-state index contributed by atoms with van der Waals surface area (Å²) in [6.45, 7) is 5.98. The first-order valence-electron chi connectivity index (χ1n) is 6.65. The van der Waals surface area contributed by atoms with E-state index in [-0.39, 0.29) is 6.04 Å². The SMILES string of the molecule is CCCCCC(C)NS(=O)(=O)c1ccc(C)cc1Br. The summed E-state index contributed by atoms with van der Waals surface area (Å²) in [6.07, 6.45) is 4.20. The first-order valence-corrected chi connectivity index (χ1v) is 8.93. The minimum atomic E-state index is -3.44. The molecule has 3 nitrogen and oxygen atoms in total. The number of hydrogen-bond donors (Lipinski definition) is 1. The molecule has 1 aromatic rings. The highest BCUT2D eigenvalue weighted by molar-refractivity contribution is 9.10. The van der Waals surface area contributed by atoms with Crippen molar-refractivity contribution in [2.24, 2.45) is 0 Å². The number of unbranched alkanes of at least 4 members (excludes halogenated alkanes) is 2. The number of benzene rings is 1. The molecule has 1 N–H and O–H groups in total. The molecule has 0 heterocycles. The molecule has 1 rings (SSSR count). The van der Waals surface area contributed by atoms with E-state index in [1.807, 2.05) is 19.9 Å². The summed E-state index contributed by atoms with van der Waals surface area (Å²) < 4.78 is 27.9. The van der Waals surface area contributed by atoms with Crippen LogP contribution in [0.2, 0.25) is 0 Å². The van der Waals surface area contributed by atoms with Crippen molar-refractivity contribution in [2.45, 2.75) is 57.4 Å². The van der Waals surface area contributed by atoms with Crippen molar-refractivity contribution in [3.05, 3.63) is 28.2 Å². The third kappa shape index (κ3) is 5.24. The van der Waals surface area contributed by atoms with Gasteiger partial charge in [0.05, 0.1) is 4.90 Å². The Morgan fingerprint density at radius 3 is 2.58 bits per heavy atom. The van der Waals surface area contributed by atoms with Crippen LogP contribution in [0, 0.1) is 6.92 Å². The van der Waals surface area contributed by atoms with Crippen LogP contribution in [0.15, 0.2) is 27.6 Å². The number of nitrogens with one attached hydrogen (secondary N) is 1. The molecule has 19 heavy (non-hydrogen) atoms. The molecule has 0 amide bonds. The Kier molecular flexibility index (Phi) is 6.50. The van der Waals surface area contributed by atoms with Gasteiger partial charge in [-0.05, 0) is 53.9 Å². The summed E-state index contributed by atoms with van der Waals surface area (Å²) in [5.74, 6) is 0. The molecule has 1 unspecified atom stereocenters. The second-order valence-corrected chi connectivity index (χ2v) is 7.49. The average Bonchev–Trinajstić information content (AvgIpc) is 2.27. The van der Waals surface area contributed by atoms with Gasteiger partial charge in [0.25, 0.3) is 0 Å². The lowest BCUT2D eigenvalue weighted by molar-refractivity contribution is 0.527. The maximum Gasteiger partial charge on any atom is 0.241 e. The fourth-order valence-corrected chi connectivity index (χ4v) is 4.38. The number of hydrogen-bond acceptors (Lipinski definition) is 2. The van der Waals surface area contributed by atoms with Crippen LogP contribution in [-0.4, -0.2) is 14.5 Å². The van der Waals surface area contributed by atoms with Crippen LogP contribution >= 0.6 is 15.9 Å². The van der Waals surface area contributed by atoms with Gasteiger partial charge in [0.15, 0.2) is 0 Å². The van der Waals surface area contributed by atoms with E-state index in [9.17, 15) is 8.42 Å². The highest BCUT2D eigenvalue weighted by Gasteiger charge is 2.19. The fourth-order valence-electron chi connectivity index (χ4n) is 1.91. The molecular weight excluding hydrogens is 326 g/mol. The van der Waals surface area contributed by atoms with E-state index in [1.165, 1.54) is 0 Å². The van der Waals surface area contributed by atoms with Gasteiger partial charge in [0, 0.05) is 10.5 Å². The normalized spacial score (nSPS) is 13.5. The molecular formula is C14H22BrNO2S. The van der Waals surface area contributed by atoms with Crippen molar-refractivity contribution in [1.82, 2.24) is 4.72 Å². The standard InChI is InChI=1S/C14H22BrNO2S/c1-4-5-6-7-12(3)16-19(17,18)14-9-8-11(2)10-13(14)15/h8-10,12,16H,4-7H2,1-3H3. The predicted molar refractivity (Wildman–Crippen MR) is 82.8 cm³/mol. The zero-order valence-electron chi connectivity index (χ0n) is 11.7. The molecule has 0 aliphatic rings. The van der Waals surface area contributed by atoms with E-state index in [1.54, 1.807) is 12.1 Å². The molecule has 0 aliphatic heterocycles. The molecule has 0 bridgehead atoms. The highest BCUT2D eigenvalue weighted by Crippen LogP contribution is 2.23. The van der Waals surface area contributed by atoms with E-state index in [2.05, 4.69) is 27.6 Å². The summed E-state index contributed by atoms with van der Waals surface area (Å²) in [7, 11) is -3.44. The lowest BCUT2D eigenvalue weighted by Crippen LogP contribution is -2.32. The van der Waals surface area contributed by atoms with Gasteiger partial charge in [0.2, 0.25) is 10.0 Å². The Bertz CT molecular complexity index is 514. The monoisotopic (exact) mass is 347 g/mol. The second kappa shape index (κ2) is 7.41. The van der Waals surface area contributed by atoms with E-state index < -0.39 is 10.0 Å². The van der Waals surface area contributed by atoms with Crippen molar-refractivity contribution in [3.63, 3.8) is 0 Å². The van der Waals surface area contributed by atoms with Crippen LogP contribution < -0.4 is 4.72 Å². The van der Waals surface area contributed by atoms with Gasteiger partial charge >= 0.3 is 0 Å². The van der Waals surface area contributed by atoms with Crippen molar-refractivity contribution in [2.75, 3.05) is 0 Å². The Hall–Kier alpha value is -0.390. The Labute approximate surface area is 125 Å². The molecule has 5 heteroatoms. The zero-order chi connectivity index (χ0) is 14.5. The Morgan fingerprint density at radius 1 is 1.32 bits per heavy atom. The highest BCUT2D eigenvalue weighted by atomic mass is 79.9. The minimum Gasteiger partial charge on any atom is -0.208 e. The Balaban J connectivity index is 2.75. The second-order valence-electron chi connectivity index (χ2n) is 4.95. The fraction of sp³-hybridized carbons (Fsp3) is 0.571. The third-order valence-electron chi connectivity index (χ3n) is 2.97. The van der Waals surface area contributed by atoms with Gasteiger partial charge in [-0.2, -0.15) is 0 Å². The predicted octanol–water partition coefficient (Wildman–Crippen LogP) is 4.00. The smallest absolute Gasteiger partial charge is 0.208 e. The number of sulfonamides is 1. The molecule has 0 spiro atoms. The minimum absolute atomic E-state index is 0.0373. The van der Waals surface area contributed by atoms with Crippen molar-refractivity contribution >= 4 is 26.0 Å². The summed E-state index contributed by atoms with van der Waals surface area (Å²) in [4.78, 5) is 0.306. The molecule has 0 radical (unpaired) electrons. The van der Waals surface area contributed by atoms with E-state index in [4.69, 9.17) is 0 Å². The number of halogens is 1. The molecule has 1 aromatic carbocycles. The third-order valence-corrected chi connectivity index (χ3v) is 5.54. The van der Waals surface area contributed by atoms with Crippen LogP contribution in [0.25, 0.3) is 0 Å². The van der Waals surface area contributed by atoms with Crippen molar-refractivity contribution in [1.29, 1.82) is 0 Å². The van der Waals surface area contributed by atoms with Gasteiger partial charge in [0.1, 0.15) is 0 Å². The van der Waals surface area contributed by atoms with Gasteiger partial charge < -0.3 is 0 Å². The molecule has 108 valence electrons. The first kappa shape index (κ1) is 16.7. The van der Waals surface area contributed by atoms with E-state index >= 15 is 0 Å². The molecule has 0 saturated heterocycles. The van der Waals surface area contributed by atoms with Gasteiger partial charge in [-0.1, -0.05) is 32.3 Å². The van der Waals surface area contributed by atoms with Crippen molar-refractivity contribution in [3.8, 4) is 0 Å². The molecule has 0 fully saturated rings. The Morgan fingerprint density at radius 2 is 2.00 bits per heavy atom. The summed E-state index contributed by atoms with van der Waals surface area (Å²) in [5.41, 5.74) is 1.03. The lowest BCUT2D eigenvalue weighted by atomic mass is 10.1. The summed E-state index contributed by atoms with van der Waals surface area (Å²) in [5, 5.41) is 0. The zero-order valence-corrected chi connectivity index (χ0v) is 14.1. The molecule has 1 atom stereocenters. The van der Waals surface area contributed by atoms with Crippen LogP contribution in [0.1, 0.15) is 45.1 Å². The lowest BCUT2D eigenvalue weighted by Gasteiger charge is -2.15. The summed E-state index contributed by atoms with van der Waals surface area (Å²) >= 11 is 3.32.